The normalized spacial score (nSPS) is 19.9. The summed E-state index contributed by atoms with van der Waals surface area (Å²) >= 11 is 2.76. The van der Waals surface area contributed by atoms with Gasteiger partial charge in [0.2, 0.25) is 0 Å². The molecule has 2 aliphatic carbocycles. The van der Waals surface area contributed by atoms with Crippen LogP contribution in [0, 0.1) is 0 Å². The molecule has 0 spiro atoms. The van der Waals surface area contributed by atoms with Crippen molar-refractivity contribution in [3.8, 4) is 0 Å². The SMILES string of the molecule is NC1CCCCC1.O.O=C1OC(=O)c2cscc21.O=C1c2cscc2C(=O)N1C1CCCCC1.[2HH]. The van der Waals surface area contributed by atoms with Crippen molar-refractivity contribution in [1.82, 2.24) is 4.90 Å². The highest BCUT2D eigenvalue weighted by molar-refractivity contribution is 7.08. The lowest BCUT2D eigenvalue weighted by atomic mass is 9.94. The molecule has 186 valence electrons. The molecule has 34 heavy (non-hydrogen) atoms. The van der Waals surface area contributed by atoms with Crippen molar-refractivity contribution in [2.45, 2.75) is 76.3 Å². The van der Waals surface area contributed by atoms with Crippen molar-refractivity contribution < 1.29 is 30.8 Å². The maximum atomic E-state index is 12.1. The molecule has 0 atom stereocenters. The number of nitrogens with zero attached hydrogens (tertiary/aromatic N) is 1. The minimum atomic E-state index is -0.527. The first kappa shape index (κ1) is 26.2. The molecule has 2 amide bonds. The summed E-state index contributed by atoms with van der Waals surface area (Å²) in [6, 6.07) is 0.680. The van der Waals surface area contributed by atoms with Crippen molar-refractivity contribution in [3.05, 3.63) is 43.8 Å². The van der Waals surface area contributed by atoms with Crippen LogP contribution in [-0.2, 0) is 4.74 Å². The average Bonchev–Trinajstić information content (AvgIpc) is 3.58. The van der Waals surface area contributed by atoms with E-state index in [9.17, 15) is 19.2 Å². The first-order chi connectivity index (χ1) is 16.0. The predicted molar refractivity (Wildman–Crippen MR) is 133 cm³/mol. The number of imide groups is 1. The van der Waals surface area contributed by atoms with E-state index in [0.717, 1.165) is 25.7 Å². The van der Waals surface area contributed by atoms with Crippen LogP contribution in [0.15, 0.2) is 21.5 Å². The second kappa shape index (κ2) is 11.8. The molecule has 2 aromatic rings. The number of esters is 2. The molecule has 4 aliphatic rings. The fourth-order valence-electron chi connectivity index (χ4n) is 4.59. The monoisotopic (exact) mass is 509 g/mol. The Kier molecular flexibility index (Phi) is 9.12. The maximum Gasteiger partial charge on any atom is 0.347 e. The van der Waals surface area contributed by atoms with Crippen LogP contribution in [0.5, 0.6) is 0 Å². The Labute approximate surface area is 207 Å². The number of fused-ring (bicyclic) bond motifs is 2. The second-order valence-corrected chi connectivity index (χ2v) is 10.2. The Morgan fingerprint density at radius 3 is 1.53 bits per heavy atom. The molecule has 0 bridgehead atoms. The van der Waals surface area contributed by atoms with Crippen LogP contribution in [0.3, 0.4) is 0 Å². The number of cyclic esters (lactones) is 2. The Hall–Kier alpha value is -2.40. The van der Waals surface area contributed by atoms with Crippen molar-refractivity contribution in [3.63, 3.8) is 0 Å². The number of carbonyl (C=O) groups excluding carboxylic acids is 4. The van der Waals surface area contributed by atoms with Crippen LogP contribution in [0.1, 0.15) is 107 Å². The molecule has 4 heterocycles. The first-order valence-corrected chi connectivity index (χ1v) is 13.4. The quantitative estimate of drug-likeness (QED) is 0.343. The number of hydrogen-bond acceptors (Lipinski definition) is 8. The average molecular weight is 510 g/mol. The van der Waals surface area contributed by atoms with E-state index in [1.165, 1.54) is 66.1 Å². The molecular weight excluding hydrogens is 476 g/mol. The number of thiophene rings is 2. The lowest BCUT2D eigenvalue weighted by Gasteiger charge is -2.29. The molecule has 8 nitrogen and oxygen atoms in total. The predicted octanol–water partition coefficient (Wildman–Crippen LogP) is 4.43. The third kappa shape index (κ3) is 5.63. The number of ether oxygens (including phenoxy) is 1. The highest BCUT2D eigenvalue weighted by Crippen LogP contribution is 2.32. The van der Waals surface area contributed by atoms with Crippen LogP contribution >= 0.6 is 22.7 Å². The van der Waals surface area contributed by atoms with Gasteiger partial charge in [0.05, 0.1) is 22.3 Å². The van der Waals surface area contributed by atoms with Gasteiger partial charge in [0.15, 0.2) is 0 Å². The summed E-state index contributed by atoms with van der Waals surface area (Å²) in [5, 5.41) is 6.81. The number of hydrogen-bond donors (Lipinski definition) is 1. The molecule has 2 aliphatic heterocycles. The standard InChI is InChI=1S/C12H13NO2S.C6H13N.C6H2O3S.H2O.H2/c14-11-9-6-16-7-10(9)12(15)13(11)8-4-2-1-3-5-8;7-6-4-2-1-3-5-6;7-5-3-1-10-2-4(3)6(8)9-5;;/h6-8H,1-5H2;6H,1-5,7H2;1-2H;1H2;1H/i;;;;1+1. The van der Waals surface area contributed by atoms with E-state index in [1.807, 2.05) is 0 Å². The molecule has 0 saturated heterocycles. The summed E-state index contributed by atoms with van der Waals surface area (Å²) in [6.07, 6.45) is 12.1. The van der Waals surface area contributed by atoms with Crippen molar-refractivity contribution in [2.75, 3.05) is 0 Å². The van der Waals surface area contributed by atoms with Crippen molar-refractivity contribution in [1.29, 1.82) is 0 Å². The third-order valence-corrected chi connectivity index (χ3v) is 7.92. The van der Waals surface area contributed by atoms with E-state index in [1.54, 1.807) is 21.5 Å². The van der Waals surface area contributed by atoms with Crippen LogP contribution < -0.4 is 5.73 Å². The molecule has 0 unspecified atom stereocenters. The zero-order valence-electron chi connectivity index (χ0n) is 18.9. The minimum absolute atomic E-state index is 0. The van der Waals surface area contributed by atoms with Gasteiger partial charge in [-0.15, -0.1) is 0 Å². The molecule has 4 N–H and O–H groups in total. The summed E-state index contributed by atoms with van der Waals surface area (Å²) < 4.78 is 4.30. The van der Waals surface area contributed by atoms with Crippen LogP contribution in [0.25, 0.3) is 0 Å². The lowest BCUT2D eigenvalue weighted by molar-refractivity contribution is 0.0441. The second-order valence-electron chi connectivity index (χ2n) is 8.75. The summed E-state index contributed by atoms with van der Waals surface area (Å²) in [4.78, 5) is 47.1. The van der Waals surface area contributed by atoms with Gasteiger partial charge in [-0.25, -0.2) is 9.59 Å². The van der Waals surface area contributed by atoms with E-state index in [2.05, 4.69) is 4.74 Å². The Morgan fingerprint density at radius 2 is 1.12 bits per heavy atom. The topological polar surface area (TPSA) is 138 Å². The van der Waals surface area contributed by atoms with E-state index >= 15 is 0 Å². The molecule has 2 saturated carbocycles. The Bertz CT molecular complexity index is 981. The van der Waals surface area contributed by atoms with Gasteiger partial charge in [-0.05, 0) is 25.7 Å². The number of carbonyl (C=O) groups is 4. The van der Waals surface area contributed by atoms with Gasteiger partial charge in [-0.3, -0.25) is 14.5 Å². The third-order valence-electron chi connectivity index (χ3n) is 6.44. The van der Waals surface area contributed by atoms with Gasteiger partial charge in [0.1, 0.15) is 0 Å². The minimum Gasteiger partial charge on any atom is -0.412 e. The van der Waals surface area contributed by atoms with Gasteiger partial charge >= 0.3 is 11.9 Å². The van der Waals surface area contributed by atoms with Crippen molar-refractivity contribution in [2.24, 2.45) is 5.73 Å². The highest BCUT2D eigenvalue weighted by Gasteiger charge is 2.40. The number of rotatable bonds is 1. The zero-order valence-corrected chi connectivity index (χ0v) is 20.6. The van der Waals surface area contributed by atoms with Gasteiger partial charge in [0.25, 0.3) is 11.8 Å². The van der Waals surface area contributed by atoms with Crippen LogP contribution in [-0.4, -0.2) is 46.2 Å². The van der Waals surface area contributed by atoms with Gasteiger partial charge in [-0.1, -0.05) is 38.5 Å². The van der Waals surface area contributed by atoms with Gasteiger partial charge in [0, 0.05) is 35.0 Å². The molecule has 6 rings (SSSR count). The van der Waals surface area contributed by atoms with E-state index in [-0.39, 0.29) is 24.8 Å². The van der Waals surface area contributed by atoms with Gasteiger partial charge < -0.3 is 15.9 Å². The smallest absolute Gasteiger partial charge is 0.347 e. The van der Waals surface area contributed by atoms with Gasteiger partial charge in [-0.2, -0.15) is 22.7 Å². The molecule has 0 aromatic carbocycles. The van der Waals surface area contributed by atoms with Crippen LogP contribution in [0.2, 0.25) is 0 Å². The highest BCUT2D eigenvalue weighted by atomic mass is 32.1. The number of amides is 2. The molecule has 0 radical (unpaired) electrons. The molecule has 2 aromatic heterocycles. The summed E-state index contributed by atoms with van der Waals surface area (Å²) in [5.41, 5.74) is 7.65. The van der Waals surface area contributed by atoms with E-state index in [4.69, 9.17) is 5.73 Å². The summed E-state index contributed by atoms with van der Waals surface area (Å²) in [6.45, 7) is 0. The summed E-state index contributed by atoms with van der Waals surface area (Å²) in [7, 11) is 0. The molecule has 10 heteroatoms. The fraction of sp³-hybridized carbons (Fsp3) is 0.500. The zero-order chi connectivity index (χ0) is 23.4. The lowest BCUT2D eigenvalue weighted by Crippen LogP contribution is -2.40. The first-order valence-electron chi connectivity index (χ1n) is 11.5. The Morgan fingerprint density at radius 1 is 0.706 bits per heavy atom. The van der Waals surface area contributed by atoms with Crippen LogP contribution in [0.4, 0.5) is 0 Å². The maximum absolute atomic E-state index is 12.1. The largest absolute Gasteiger partial charge is 0.412 e. The summed E-state index contributed by atoms with van der Waals surface area (Å²) in [5.74, 6) is -1.20. The number of nitrogens with two attached hydrogens (primary N) is 1. The Balaban J connectivity index is 0.000000196. The fourth-order valence-corrected chi connectivity index (χ4v) is 6.17. The molecular formula is C24H32N2O6S2. The molecule has 2 fully saturated rings. The van der Waals surface area contributed by atoms with Crippen molar-refractivity contribution >= 4 is 46.4 Å². The van der Waals surface area contributed by atoms with E-state index in [0.29, 0.717) is 28.3 Å². The van der Waals surface area contributed by atoms with E-state index < -0.39 is 11.9 Å².